The summed E-state index contributed by atoms with van der Waals surface area (Å²) in [5.41, 5.74) is 4.27. The highest BCUT2D eigenvalue weighted by atomic mass is 32.2. The molecule has 0 atom stereocenters. The fraction of sp³-hybridized carbons (Fsp3) is 0.208. The van der Waals surface area contributed by atoms with Crippen molar-refractivity contribution in [1.82, 2.24) is 24.8 Å². The maximum atomic E-state index is 12.5. The van der Waals surface area contributed by atoms with Crippen LogP contribution in [-0.4, -0.2) is 67.3 Å². The lowest BCUT2D eigenvalue weighted by Crippen LogP contribution is -2.31. The lowest BCUT2D eigenvalue weighted by molar-refractivity contribution is 0.0951. The van der Waals surface area contributed by atoms with Gasteiger partial charge in [0, 0.05) is 36.0 Å². The summed E-state index contributed by atoms with van der Waals surface area (Å²) >= 11 is 0. The summed E-state index contributed by atoms with van der Waals surface area (Å²) < 4.78 is 25.2. The zero-order chi connectivity index (χ0) is 23.6. The number of carbonyl (C=O) groups is 1. The van der Waals surface area contributed by atoms with Gasteiger partial charge in [-0.3, -0.25) is 4.79 Å². The Balaban J connectivity index is 1.64. The highest BCUT2D eigenvalue weighted by Crippen LogP contribution is 2.24. The van der Waals surface area contributed by atoms with Crippen molar-refractivity contribution >= 4 is 21.4 Å². The summed E-state index contributed by atoms with van der Waals surface area (Å²) in [6.45, 7) is 1.33. The third-order valence-corrected chi connectivity index (χ3v) is 6.33. The van der Waals surface area contributed by atoms with Gasteiger partial charge in [0.15, 0.2) is 15.5 Å². The number of rotatable bonds is 7. The second kappa shape index (κ2) is 9.13. The van der Waals surface area contributed by atoms with Gasteiger partial charge in [-0.1, -0.05) is 24.3 Å². The Labute approximate surface area is 192 Å². The molecule has 0 saturated carbocycles. The predicted octanol–water partition coefficient (Wildman–Crippen LogP) is 2.76. The molecule has 1 N–H and O–H groups in total. The maximum Gasteiger partial charge on any atom is 0.251 e. The Morgan fingerprint density at radius 2 is 1.79 bits per heavy atom. The van der Waals surface area contributed by atoms with Crippen LogP contribution in [0.15, 0.2) is 71.8 Å². The normalized spacial score (nSPS) is 11.8. The average molecular weight is 464 g/mol. The number of sulfone groups is 1. The minimum atomic E-state index is -3.27. The van der Waals surface area contributed by atoms with Gasteiger partial charge in [0.25, 0.3) is 5.91 Å². The Bertz CT molecular complexity index is 1410. The first-order valence-electron chi connectivity index (χ1n) is 10.4. The fourth-order valence-electron chi connectivity index (χ4n) is 3.41. The molecule has 0 aliphatic carbocycles. The number of hydrogen-bond acceptors (Lipinski definition) is 6. The van der Waals surface area contributed by atoms with E-state index in [1.807, 2.05) is 49.3 Å². The maximum absolute atomic E-state index is 12.5. The summed E-state index contributed by atoms with van der Waals surface area (Å²) in [7, 11) is 0.646. The number of fused-ring (bicyclic) bond motifs is 1. The predicted molar refractivity (Wildman–Crippen MR) is 128 cm³/mol. The lowest BCUT2D eigenvalue weighted by Gasteiger charge is -2.11. The Hall–Kier alpha value is -3.56. The van der Waals surface area contributed by atoms with Crippen LogP contribution in [0.5, 0.6) is 0 Å². The van der Waals surface area contributed by atoms with E-state index in [1.165, 1.54) is 6.26 Å². The van der Waals surface area contributed by atoms with Gasteiger partial charge in [-0.15, -0.1) is 0 Å². The van der Waals surface area contributed by atoms with Gasteiger partial charge in [-0.2, -0.15) is 5.10 Å². The van der Waals surface area contributed by atoms with Crippen LogP contribution in [0.1, 0.15) is 10.4 Å². The van der Waals surface area contributed by atoms with Crippen LogP contribution in [0, 0.1) is 0 Å². The van der Waals surface area contributed by atoms with Gasteiger partial charge in [-0.25, -0.2) is 17.9 Å². The van der Waals surface area contributed by atoms with E-state index < -0.39 is 9.84 Å². The summed E-state index contributed by atoms with van der Waals surface area (Å²) in [6.07, 6.45) is 2.89. The molecule has 0 bridgehead atoms. The van der Waals surface area contributed by atoms with Crippen molar-refractivity contribution in [1.29, 1.82) is 0 Å². The molecule has 0 aliphatic heterocycles. The van der Waals surface area contributed by atoms with Gasteiger partial charge in [0.1, 0.15) is 0 Å². The minimum absolute atomic E-state index is 0.130. The molecule has 2 aromatic heterocycles. The van der Waals surface area contributed by atoms with Crippen LogP contribution in [0.2, 0.25) is 0 Å². The number of carbonyl (C=O) groups excluding carboxylic acids is 1. The lowest BCUT2D eigenvalue weighted by atomic mass is 10.1. The molecule has 0 fully saturated rings. The smallest absolute Gasteiger partial charge is 0.251 e. The summed E-state index contributed by atoms with van der Waals surface area (Å²) in [5.74, 6) is -0.130. The first-order chi connectivity index (χ1) is 15.7. The van der Waals surface area contributed by atoms with Gasteiger partial charge in [0.2, 0.25) is 0 Å². The molecule has 0 saturated heterocycles. The van der Waals surface area contributed by atoms with Crippen molar-refractivity contribution in [3.05, 3.63) is 72.4 Å². The highest BCUT2D eigenvalue weighted by molar-refractivity contribution is 7.90. The second-order valence-electron chi connectivity index (χ2n) is 8.07. The molecule has 9 heteroatoms. The Kier molecular flexibility index (Phi) is 6.26. The molecule has 8 nitrogen and oxygen atoms in total. The average Bonchev–Trinajstić information content (AvgIpc) is 3.21. The number of likely N-dealkylation sites (N-methyl/N-ethyl adjacent to an activating group) is 1. The second-order valence-corrected chi connectivity index (χ2v) is 10.1. The van der Waals surface area contributed by atoms with E-state index >= 15 is 0 Å². The summed E-state index contributed by atoms with van der Waals surface area (Å²) in [6, 6.07) is 17.7. The molecule has 0 unspecified atom stereocenters. The highest BCUT2D eigenvalue weighted by Gasteiger charge is 2.13. The molecule has 4 rings (SSSR count). The van der Waals surface area contributed by atoms with Crippen molar-refractivity contribution in [2.75, 3.05) is 33.4 Å². The van der Waals surface area contributed by atoms with Crippen LogP contribution in [-0.2, 0) is 9.84 Å². The SMILES string of the molecule is CN(C)CCNC(=O)c1cccc(-c2ccc3ncc(-c4ccc(S(C)(=O)=O)cc4)n3n2)c1. The van der Waals surface area contributed by atoms with Crippen molar-refractivity contribution < 1.29 is 13.2 Å². The largest absolute Gasteiger partial charge is 0.351 e. The number of amides is 1. The molecule has 2 heterocycles. The minimum Gasteiger partial charge on any atom is -0.351 e. The van der Waals surface area contributed by atoms with E-state index in [0.29, 0.717) is 23.4 Å². The third-order valence-electron chi connectivity index (χ3n) is 5.21. The van der Waals surface area contributed by atoms with Crippen molar-refractivity contribution in [3.8, 4) is 22.5 Å². The van der Waals surface area contributed by atoms with Crippen LogP contribution < -0.4 is 5.32 Å². The zero-order valence-electron chi connectivity index (χ0n) is 18.7. The molecule has 0 spiro atoms. The number of nitrogens with zero attached hydrogens (tertiary/aromatic N) is 4. The molecule has 1 amide bonds. The Morgan fingerprint density at radius 3 is 2.48 bits per heavy atom. The van der Waals surface area contributed by atoms with E-state index in [4.69, 9.17) is 5.10 Å². The quantitative estimate of drug-likeness (QED) is 0.453. The third kappa shape index (κ3) is 5.10. The van der Waals surface area contributed by atoms with Gasteiger partial charge in [0.05, 0.1) is 22.5 Å². The van der Waals surface area contributed by atoms with Gasteiger partial charge >= 0.3 is 0 Å². The topological polar surface area (TPSA) is 96.7 Å². The van der Waals surface area contributed by atoms with Crippen LogP contribution in [0.3, 0.4) is 0 Å². The fourth-order valence-corrected chi connectivity index (χ4v) is 4.04. The molecule has 170 valence electrons. The van der Waals surface area contributed by atoms with Gasteiger partial charge in [-0.05, 0) is 50.5 Å². The molecule has 0 radical (unpaired) electrons. The molecular formula is C24H25N5O3S. The zero-order valence-corrected chi connectivity index (χ0v) is 19.5. The molecule has 0 aliphatic rings. The van der Waals surface area contributed by atoms with E-state index in [0.717, 1.165) is 23.4 Å². The van der Waals surface area contributed by atoms with Gasteiger partial charge < -0.3 is 10.2 Å². The van der Waals surface area contributed by atoms with Crippen LogP contribution in [0.4, 0.5) is 0 Å². The molecule has 2 aromatic carbocycles. The van der Waals surface area contributed by atoms with Crippen molar-refractivity contribution in [2.24, 2.45) is 0 Å². The van der Waals surface area contributed by atoms with E-state index in [9.17, 15) is 13.2 Å². The standard InChI is InChI=1S/C24H25N5O3S/c1-28(2)14-13-25-24(30)19-6-4-5-18(15-19)21-11-12-23-26-16-22(29(23)27-21)17-7-9-20(10-8-17)33(3,31)32/h4-12,15-16H,13-14H2,1-3H3,(H,25,30). The van der Waals surface area contributed by atoms with Crippen molar-refractivity contribution in [3.63, 3.8) is 0 Å². The van der Waals surface area contributed by atoms with Crippen LogP contribution in [0.25, 0.3) is 28.2 Å². The Morgan fingerprint density at radius 1 is 1.03 bits per heavy atom. The number of imidazole rings is 1. The molecular weight excluding hydrogens is 438 g/mol. The first kappa shape index (κ1) is 22.6. The van der Waals surface area contributed by atoms with E-state index in [1.54, 1.807) is 41.0 Å². The first-order valence-corrected chi connectivity index (χ1v) is 12.3. The van der Waals surface area contributed by atoms with Crippen LogP contribution >= 0.6 is 0 Å². The summed E-state index contributed by atoms with van der Waals surface area (Å²) in [5, 5.41) is 7.66. The van der Waals surface area contributed by atoms with E-state index in [-0.39, 0.29) is 10.8 Å². The van der Waals surface area contributed by atoms with Crippen molar-refractivity contribution in [2.45, 2.75) is 4.90 Å². The molecule has 33 heavy (non-hydrogen) atoms. The van der Waals surface area contributed by atoms with E-state index in [2.05, 4.69) is 10.3 Å². The summed E-state index contributed by atoms with van der Waals surface area (Å²) in [4.78, 5) is 19.2. The molecule has 4 aromatic rings. The monoisotopic (exact) mass is 463 g/mol. The number of hydrogen-bond donors (Lipinski definition) is 1. The number of benzene rings is 2. The number of aromatic nitrogens is 3. The number of nitrogens with one attached hydrogen (secondary N) is 1.